The molecule has 0 aliphatic heterocycles. The lowest BCUT2D eigenvalue weighted by molar-refractivity contribution is 0.415. The zero-order chi connectivity index (χ0) is 13.0. The summed E-state index contributed by atoms with van der Waals surface area (Å²) in [5, 5.41) is 6.61. The number of hydrogen-bond donors (Lipinski definition) is 2. The van der Waals surface area contributed by atoms with Gasteiger partial charge < -0.3 is 10.6 Å². The number of rotatable bonds is 6. The van der Waals surface area contributed by atoms with Crippen LogP contribution < -0.4 is 10.6 Å². The van der Waals surface area contributed by atoms with Crippen LogP contribution in [0.1, 0.15) is 50.2 Å². The van der Waals surface area contributed by atoms with Crippen LogP contribution in [0.15, 0.2) is 30.9 Å². The highest BCUT2D eigenvalue weighted by molar-refractivity contribution is 5.28. The first kappa shape index (κ1) is 12.9. The number of nitrogens with one attached hydrogen (secondary N) is 2. The molecule has 98 valence electrons. The van der Waals surface area contributed by atoms with Crippen LogP contribution in [0, 0.1) is 0 Å². The molecule has 1 fully saturated rings. The monoisotopic (exact) mass is 245 g/mol. The van der Waals surface area contributed by atoms with E-state index >= 15 is 0 Å². The first-order valence-electron chi connectivity index (χ1n) is 6.79. The summed E-state index contributed by atoms with van der Waals surface area (Å²) < 4.78 is 0. The van der Waals surface area contributed by atoms with E-state index in [-0.39, 0.29) is 0 Å². The number of nitrogens with zero attached hydrogens (tertiary/aromatic N) is 1. The molecular weight excluding hydrogens is 222 g/mol. The van der Waals surface area contributed by atoms with E-state index in [9.17, 15) is 0 Å². The second-order valence-electron chi connectivity index (χ2n) is 5.33. The summed E-state index contributed by atoms with van der Waals surface area (Å²) >= 11 is 0. The molecule has 0 spiro atoms. The van der Waals surface area contributed by atoms with E-state index < -0.39 is 0 Å². The fourth-order valence-corrected chi connectivity index (χ4v) is 2.28. The van der Waals surface area contributed by atoms with Gasteiger partial charge in [0.15, 0.2) is 0 Å². The minimum Gasteiger partial charge on any atom is -0.370 e. The van der Waals surface area contributed by atoms with Crippen molar-refractivity contribution >= 4 is 0 Å². The molecule has 1 saturated carbocycles. The largest absolute Gasteiger partial charge is 0.370 e. The first-order valence-corrected chi connectivity index (χ1v) is 6.79. The highest BCUT2D eigenvalue weighted by Gasteiger charge is 2.21. The minimum atomic E-state index is 0.411. The second kappa shape index (κ2) is 5.89. The van der Waals surface area contributed by atoms with E-state index in [0.717, 1.165) is 18.3 Å². The Balaban J connectivity index is 1.94. The maximum atomic E-state index is 4.26. The smallest absolute Gasteiger partial charge is 0.0917 e. The Labute approximate surface area is 110 Å². The van der Waals surface area contributed by atoms with Gasteiger partial charge in [0.2, 0.25) is 0 Å². The predicted octanol–water partition coefficient (Wildman–Crippen LogP) is 2.91. The van der Waals surface area contributed by atoms with Crippen molar-refractivity contribution in [3.63, 3.8) is 0 Å². The highest BCUT2D eigenvalue weighted by Crippen LogP contribution is 2.37. The lowest BCUT2D eigenvalue weighted by Gasteiger charge is -2.27. The number of hydrogen-bond acceptors (Lipinski definition) is 3. The fraction of sp³-hybridized carbons (Fsp3) is 0.533. The van der Waals surface area contributed by atoms with Gasteiger partial charge in [-0.25, -0.2) is 0 Å². The third kappa shape index (κ3) is 3.25. The van der Waals surface area contributed by atoms with Gasteiger partial charge in [-0.05, 0) is 49.8 Å². The molecule has 0 radical (unpaired) electrons. The fourth-order valence-electron chi connectivity index (χ4n) is 2.28. The molecule has 3 heteroatoms. The van der Waals surface area contributed by atoms with Crippen LogP contribution in [0.25, 0.3) is 0 Å². The Morgan fingerprint density at radius 2 is 2.28 bits per heavy atom. The van der Waals surface area contributed by atoms with Gasteiger partial charge in [-0.3, -0.25) is 4.98 Å². The summed E-state index contributed by atoms with van der Waals surface area (Å²) in [5.41, 5.74) is 2.76. The molecule has 1 aromatic rings. The lowest BCUT2D eigenvalue weighted by Crippen LogP contribution is -2.30. The quantitative estimate of drug-likeness (QED) is 0.809. The van der Waals surface area contributed by atoms with E-state index in [1.54, 1.807) is 0 Å². The molecule has 0 amide bonds. The predicted molar refractivity (Wildman–Crippen MR) is 75.1 cm³/mol. The van der Waals surface area contributed by atoms with Crippen molar-refractivity contribution < 1.29 is 0 Å². The third-order valence-electron chi connectivity index (χ3n) is 3.45. The van der Waals surface area contributed by atoms with Gasteiger partial charge >= 0.3 is 0 Å². The van der Waals surface area contributed by atoms with Gasteiger partial charge in [-0.2, -0.15) is 0 Å². The zero-order valence-electron chi connectivity index (χ0n) is 11.4. The molecule has 1 aliphatic carbocycles. The summed E-state index contributed by atoms with van der Waals surface area (Å²) in [6.45, 7) is 9.03. The minimum absolute atomic E-state index is 0.411. The Kier molecular flexibility index (Phi) is 4.24. The summed E-state index contributed by atoms with van der Waals surface area (Å²) in [5.74, 6) is 1.61. The van der Waals surface area contributed by atoms with Crippen LogP contribution in [0.2, 0.25) is 0 Å². The molecule has 0 unspecified atom stereocenters. The molecule has 0 bridgehead atoms. The third-order valence-corrected chi connectivity index (χ3v) is 3.45. The van der Waals surface area contributed by atoms with Gasteiger partial charge in [0.25, 0.3) is 0 Å². The van der Waals surface area contributed by atoms with E-state index in [1.165, 1.54) is 30.4 Å². The van der Waals surface area contributed by atoms with E-state index in [0.29, 0.717) is 6.04 Å². The van der Waals surface area contributed by atoms with Crippen molar-refractivity contribution in [3.05, 3.63) is 42.0 Å². The maximum absolute atomic E-state index is 4.26. The molecule has 0 atom stereocenters. The summed E-state index contributed by atoms with van der Waals surface area (Å²) in [6.07, 6.45) is 7.87. The summed E-state index contributed by atoms with van der Waals surface area (Å²) in [6, 6.07) is 2.53. The van der Waals surface area contributed by atoms with Crippen LogP contribution in [-0.4, -0.2) is 11.0 Å². The zero-order valence-corrected chi connectivity index (χ0v) is 11.4. The van der Waals surface area contributed by atoms with Gasteiger partial charge in [0.1, 0.15) is 0 Å². The topological polar surface area (TPSA) is 37.0 Å². The Morgan fingerprint density at radius 3 is 2.89 bits per heavy atom. The summed E-state index contributed by atoms with van der Waals surface area (Å²) in [7, 11) is 0. The van der Waals surface area contributed by atoms with E-state index in [1.807, 2.05) is 12.4 Å². The normalized spacial score (nSPS) is 15.3. The van der Waals surface area contributed by atoms with Crippen molar-refractivity contribution in [3.8, 4) is 0 Å². The van der Waals surface area contributed by atoms with Gasteiger partial charge in [0.05, 0.1) is 5.82 Å². The Morgan fingerprint density at radius 1 is 1.50 bits per heavy atom. The molecule has 1 heterocycles. The molecule has 1 aromatic heterocycles. The van der Waals surface area contributed by atoms with Crippen molar-refractivity contribution in [1.82, 2.24) is 15.6 Å². The van der Waals surface area contributed by atoms with Crippen molar-refractivity contribution in [2.24, 2.45) is 0 Å². The van der Waals surface area contributed by atoms with Crippen molar-refractivity contribution in [2.75, 3.05) is 0 Å². The molecule has 18 heavy (non-hydrogen) atoms. The van der Waals surface area contributed by atoms with E-state index in [4.69, 9.17) is 0 Å². The molecular formula is C15H23N3. The van der Waals surface area contributed by atoms with Crippen LogP contribution in [0.5, 0.6) is 0 Å². The average molecular weight is 245 g/mol. The molecule has 1 aliphatic rings. The van der Waals surface area contributed by atoms with Gasteiger partial charge in [0, 0.05) is 25.0 Å². The Hall–Kier alpha value is -1.51. The van der Waals surface area contributed by atoms with Crippen LogP contribution >= 0.6 is 0 Å². The van der Waals surface area contributed by atoms with Crippen LogP contribution in [0.4, 0.5) is 0 Å². The molecule has 2 rings (SSSR count). The van der Waals surface area contributed by atoms with Gasteiger partial charge in [-0.1, -0.05) is 13.0 Å². The van der Waals surface area contributed by atoms with Crippen LogP contribution in [-0.2, 0) is 6.54 Å². The molecule has 0 aromatic carbocycles. The summed E-state index contributed by atoms with van der Waals surface area (Å²) in [4.78, 5) is 4.26. The van der Waals surface area contributed by atoms with Crippen LogP contribution in [0.3, 0.4) is 0 Å². The van der Waals surface area contributed by atoms with Crippen molar-refractivity contribution in [2.45, 2.75) is 51.6 Å². The van der Waals surface area contributed by atoms with Crippen molar-refractivity contribution in [1.29, 1.82) is 0 Å². The maximum Gasteiger partial charge on any atom is 0.0917 e. The number of pyridine rings is 1. The SMILES string of the molecule is C=C(NCc1ccncc1C1CCC1)NC(C)C. The molecule has 2 N–H and O–H groups in total. The Bertz CT molecular complexity index is 408. The second-order valence-corrected chi connectivity index (χ2v) is 5.33. The van der Waals surface area contributed by atoms with Gasteiger partial charge in [-0.15, -0.1) is 0 Å². The lowest BCUT2D eigenvalue weighted by atomic mass is 9.79. The average Bonchev–Trinajstić information content (AvgIpc) is 2.24. The molecule has 0 saturated heterocycles. The molecule has 3 nitrogen and oxygen atoms in total. The standard InChI is InChI=1S/C15H23N3/c1-11(2)18-12(3)17-9-14-7-8-16-10-15(14)13-5-4-6-13/h7-8,10-11,13,17-18H,3-6,9H2,1-2H3. The van der Waals surface area contributed by atoms with E-state index in [2.05, 4.69) is 42.1 Å². The first-order chi connectivity index (χ1) is 8.66. The highest BCUT2D eigenvalue weighted by atomic mass is 15.1. The number of aromatic nitrogens is 1.